The summed E-state index contributed by atoms with van der Waals surface area (Å²) in [5.41, 5.74) is 8.17. The van der Waals surface area contributed by atoms with E-state index >= 15 is 0 Å². The molecule has 1 atom stereocenters. The zero-order chi connectivity index (χ0) is 15.8. The van der Waals surface area contributed by atoms with Crippen LogP contribution in [0.4, 0.5) is 17.1 Å². The summed E-state index contributed by atoms with van der Waals surface area (Å²) in [6.07, 6.45) is 1.87. The summed E-state index contributed by atoms with van der Waals surface area (Å²) in [4.78, 5) is 24.1. The average molecular weight is 293 g/mol. The Labute approximate surface area is 120 Å². The lowest BCUT2D eigenvalue weighted by molar-refractivity contribution is -0.383. The largest absolute Gasteiger partial charge is 0.480 e. The Balaban J connectivity index is 3.07. The number of unbranched alkanes of at least 4 members (excludes halogenated alkanes) is 1. The van der Waals surface area contributed by atoms with E-state index in [2.05, 4.69) is 15.3 Å². The fourth-order valence-electron chi connectivity index (χ4n) is 1.76. The summed E-state index contributed by atoms with van der Waals surface area (Å²) in [7, 11) is 0. The van der Waals surface area contributed by atoms with Gasteiger partial charge in [0.25, 0.3) is 5.69 Å². The lowest BCUT2D eigenvalue weighted by Gasteiger charge is -2.15. The highest BCUT2D eigenvalue weighted by molar-refractivity contribution is 5.79. The second kappa shape index (κ2) is 7.71. The molecule has 0 fully saturated rings. The maximum Gasteiger partial charge on any atom is 0.326 e. The minimum Gasteiger partial charge on any atom is -0.480 e. The molecule has 0 saturated heterocycles. The van der Waals surface area contributed by atoms with Gasteiger partial charge in [0.1, 0.15) is 11.7 Å². The van der Waals surface area contributed by atoms with Crippen LogP contribution in [0.2, 0.25) is 0 Å². The van der Waals surface area contributed by atoms with Gasteiger partial charge in [0.05, 0.1) is 4.92 Å². The van der Waals surface area contributed by atoms with Crippen molar-refractivity contribution in [2.75, 3.05) is 5.32 Å². The summed E-state index contributed by atoms with van der Waals surface area (Å²) in [6, 6.07) is 2.91. The number of carboxylic acid groups (broad SMARTS) is 1. The molecule has 1 aromatic carbocycles. The van der Waals surface area contributed by atoms with Crippen LogP contribution in [0, 0.1) is 10.1 Å². The summed E-state index contributed by atoms with van der Waals surface area (Å²) >= 11 is 0. The Hall–Kier alpha value is -2.80. The summed E-state index contributed by atoms with van der Waals surface area (Å²) in [6.45, 7) is 1.93. The van der Waals surface area contributed by atoms with E-state index in [1.165, 1.54) is 12.1 Å². The second-order valence-electron chi connectivity index (χ2n) is 4.33. The topological polar surface area (TPSA) is 141 Å². The molecule has 112 valence electrons. The first kappa shape index (κ1) is 16.3. The Morgan fingerprint density at radius 1 is 1.62 bits per heavy atom. The summed E-state index contributed by atoms with van der Waals surface area (Å²) in [5, 5.41) is 26.1. The van der Waals surface area contributed by atoms with E-state index in [1.54, 1.807) is 0 Å². The molecule has 1 aromatic rings. The third-order valence-corrected chi connectivity index (χ3v) is 2.81. The van der Waals surface area contributed by atoms with Crippen LogP contribution in [0.15, 0.2) is 23.3 Å². The second-order valence-corrected chi connectivity index (χ2v) is 4.33. The standard InChI is InChI=1S/C12H15N5O4/c1-2-3-4-10(12(18)19)14-9-6-5-8(15-16-13)7-11(9)17(20)21/h5-7,10,14H,2-4H2,1H3,(H,18,19). The highest BCUT2D eigenvalue weighted by Gasteiger charge is 2.21. The molecule has 0 saturated carbocycles. The van der Waals surface area contributed by atoms with E-state index in [0.29, 0.717) is 12.8 Å². The molecular weight excluding hydrogens is 278 g/mol. The maximum atomic E-state index is 11.2. The Morgan fingerprint density at radius 3 is 2.86 bits per heavy atom. The first-order valence-corrected chi connectivity index (χ1v) is 6.32. The highest BCUT2D eigenvalue weighted by atomic mass is 16.6. The maximum absolute atomic E-state index is 11.2. The Morgan fingerprint density at radius 2 is 2.33 bits per heavy atom. The van der Waals surface area contributed by atoms with Crippen molar-refractivity contribution in [2.24, 2.45) is 5.11 Å². The van der Waals surface area contributed by atoms with Crippen molar-refractivity contribution in [3.8, 4) is 0 Å². The Bertz CT molecular complexity index is 583. The van der Waals surface area contributed by atoms with E-state index in [1.807, 2.05) is 6.92 Å². The van der Waals surface area contributed by atoms with Crippen molar-refractivity contribution in [1.82, 2.24) is 0 Å². The smallest absolute Gasteiger partial charge is 0.326 e. The van der Waals surface area contributed by atoms with Crippen molar-refractivity contribution < 1.29 is 14.8 Å². The lowest BCUT2D eigenvalue weighted by atomic mass is 10.1. The first-order chi connectivity index (χ1) is 9.99. The minimum absolute atomic E-state index is 0.0837. The van der Waals surface area contributed by atoms with Crippen LogP contribution < -0.4 is 5.32 Å². The molecule has 1 rings (SSSR count). The molecule has 0 spiro atoms. The number of benzene rings is 1. The zero-order valence-electron chi connectivity index (χ0n) is 11.4. The molecule has 0 radical (unpaired) electrons. The van der Waals surface area contributed by atoms with Gasteiger partial charge in [-0.1, -0.05) is 30.9 Å². The number of azide groups is 1. The number of rotatable bonds is 8. The molecule has 0 amide bonds. The SMILES string of the molecule is CCCCC(Nc1ccc(N=[N+]=[N-])cc1[N+](=O)[O-])C(=O)O. The molecule has 0 aliphatic rings. The van der Waals surface area contributed by atoms with Crippen LogP contribution in [0.3, 0.4) is 0 Å². The van der Waals surface area contributed by atoms with Crippen LogP contribution in [0.5, 0.6) is 0 Å². The average Bonchev–Trinajstić information content (AvgIpc) is 2.44. The van der Waals surface area contributed by atoms with Gasteiger partial charge in [0.15, 0.2) is 0 Å². The number of hydrogen-bond donors (Lipinski definition) is 2. The number of nitrogens with zero attached hydrogens (tertiary/aromatic N) is 4. The van der Waals surface area contributed by atoms with Gasteiger partial charge >= 0.3 is 5.97 Å². The van der Waals surface area contributed by atoms with Crippen molar-refractivity contribution >= 4 is 23.0 Å². The molecule has 9 heteroatoms. The number of nitrogens with one attached hydrogen (secondary N) is 1. The number of nitro benzene ring substituents is 1. The van der Waals surface area contributed by atoms with E-state index in [0.717, 1.165) is 12.5 Å². The third-order valence-electron chi connectivity index (χ3n) is 2.81. The molecule has 2 N–H and O–H groups in total. The molecule has 0 aromatic heterocycles. The van der Waals surface area contributed by atoms with Crippen LogP contribution in [0.1, 0.15) is 26.2 Å². The van der Waals surface area contributed by atoms with Gasteiger partial charge in [-0.3, -0.25) is 10.1 Å². The number of aliphatic carboxylic acids is 1. The predicted octanol–water partition coefficient (Wildman–Crippen LogP) is 3.59. The molecule has 0 bridgehead atoms. The van der Waals surface area contributed by atoms with Gasteiger partial charge in [-0.15, -0.1) is 0 Å². The van der Waals surface area contributed by atoms with Crippen molar-refractivity contribution in [1.29, 1.82) is 0 Å². The Kier molecular flexibility index (Phi) is 5.97. The number of carboxylic acids is 1. The summed E-state index contributed by atoms with van der Waals surface area (Å²) in [5.74, 6) is -1.07. The van der Waals surface area contributed by atoms with E-state index in [4.69, 9.17) is 10.6 Å². The van der Waals surface area contributed by atoms with Gasteiger partial charge in [-0.25, -0.2) is 4.79 Å². The van der Waals surface area contributed by atoms with Gasteiger partial charge in [0.2, 0.25) is 0 Å². The minimum atomic E-state index is -1.07. The third kappa shape index (κ3) is 4.66. The molecule has 0 aliphatic carbocycles. The molecular formula is C12H15N5O4. The quantitative estimate of drug-likeness (QED) is 0.247. The van der Waals surface area contributed by atoms with Gasteiger partial charge in [0, 0.05) is 16.7 Å². The number of nitro groups is 1. The van der Waals surface area contributed by atoms with Gasteiger partial charge < -0.3 is 10.4 Å². The van der Waals surface area contributed by atoms with Crippen molar-refractivity contribution in [3.63, 3.8) is 0 Å². The van der Waals surface area contributed by atoms with E-state index in [-0.39, 0.29) is 17.1 Å². The molecule has 21 heavy (non-hydrogen) atoms. The number of carbonyl (C=O) groups is 1. The normalized spacial score (nSPS) is 11.3. The van der Waals surface area contributed by atoms with Crippen molar-refractivity contribution in [2.45, 2.75) is 32.2 Å². The summed E-state index contributed by atoms with van der Waals surface area (Å²) < 4.78 is 0. The van der Waals surface area contributed by atoms with Gasteiger partial charge in [-0.2, -0.15) is 0 Å². The monoisotopic (exact) mass is 293 g/mol. The lowest BCUT2D eigenvalue weighted by Crippen LogP contribution is -2.29. The predicted molar refractivity (Wildman–Crippen MR) is 76.5 cm³/mol. The molecule has 0 aliphatic heterocycles. The van der Waals surface area contributed by atoms with E-state index in [9.17, 15) is 14.9 Å². The van der Waals surface area contributed by atoms with Gasteiger partial charge in [-0.05, 0) is 18.0 Å². The number of hydrogen-bond acceptors (Lipinski definition) is 5. The van der Waals surface area contributed by atoms with Crippen LogP contribution in [-0.2, 0) is 4.79 Å². The molecule has 1 unspecified atom stereocenters. The molecule has 0 heterocycles. The molecule has 9 nitrogen and oxygen atoms in total. The fraction of sp³-hybridized carbons (Fsp3) is 0.417. The number of anilines is 1. The first-order valence-electron chi connectivity index (χ1n) is 6.32. The van der Waals surface area contributed by atoms with Crippen LogP contribution in [0.25, 0.3) is 10.4 Å². The van der Waals surface area contributed by atoms with Crippen LogP contribution in [-0.4, -0.2) is 22.0 Å². The highest BCUT2D eigenvalue weighted by Crippen LogP contribution is 2.30. The van der Waals surface area contributed by atoms with E-state index < -0.39 is 16.9 Å². The van der Waals surface area contributed by atoms with Crippen molar-refractivity contribution in [3.05, 3.63) is 38.8 Å². The fourth-order valence-corrected chi connectivity index (χ4v) is 1.76. The van der Waals surface area contributed by atoms with Crippen LogP contribution >= 0.6 is 0 Å². The zero-order valence-corrected chi connectivity index (χ0v) is 11.4.